The van der Waals surface area contributed by atoms with Crippen LogP contribution < -0.4 is 10.2 Å². The van der Waals surface area contributed by atoms with Crippen LogP contribution in [-0.2, 0) is 13.0 Å². The van der Waals surface area contributed by atoms with E-state index in [1.165, 1.54) is 11.3 Å². The molecular formula is C18H18N4O3S. The Hall–Kier alpha value is -2.71. The monoisotopic (exact) mass is 370 g/mol. The second kappa shape index (κ2) is 6.89. The molecule has 4 rings (SSSR count). The first-order valence-corrected chi connectivity index (χ1v) is 9.18. The summed E-state index contributed by atoms with van der Waals surface area (Å²) in [4.78, 5) is 24.0. The molecule has 1 aliphatic heterocycles. The number of carbonyl (C=O) groups is 1. The minimum absolute atomic E-state index is 0.0217. The van der Waals surface area contributed by atoms with Crippen LogP contribution in [0.1, 0.15) is 20.1 Å². The molecule has 7 nitrogen and oxygen atoms in total. The van der Waals surface area contributed by atoms with E-state index in [0.29, 0.717) is 29.7 Å². The average molecular weight is 370 g/mol. The number of benzene rings is 1. The van der Waals surface area contributed by atoms with Gasteiger partial charge in [0.1, 0.15) is 10.7 Å². The molecule has 0 atom stereocenters. The van der Waals surface area contributed by atoms with Crippen LogP contribution in [0.2, 0.25) is 0 Å². The highest BCUT2D eigenvalue weighted by molar-refractivity contribution is 7.14. The minimum Gasteiger partial charge on any atom is -0.477 e. The van der Waals surface area contributed by atoms with Gasteiger partial charge in [0.15, 0.2) is 0 Å². The summed E-state index contributed by atoms with van der Waals surface area (Å²) in [5, 5.41) is 22.4. The number of fused-ring (bicyclic) bond motifs is 2. The number of nitrogens with one attached hydrogen (secondary N) is 1. The van der Waals surface area contributed by atoms with Crippen molar-refractivity contribution in [2.45, 2.75) is 13.0 Å². The maximum absolute atomic E-state index is 11.2. The fraction of sp³-hybridized carbons (Fsp3) is 0.278. The highest BCUT2D eigenvalue weighted by Crippen LogP contribution is 2.31. The van der Waals surface area contributed by atoms with Gasteiger partial charge >= 0.3 is 5.97 Å². The third-order valence-electron chi connectivity index (χ3n) is 4.37. The van der Waals surface area contributed by atoms with Gasteiger partial charge in [-0.15, -0.1) is 11.3 Å². The minimum atomic E-state index is -0.881. The summed E-state index contributed by atoms with van der Waals surface area (Å²) in [7, 11) is 0. The quantitative estimate of drug-likeness (QED) is 0.634. The van der Waals surface area contributed by atoms with E-state index >= 15 is 0 Å². The van der Waals surface area contributed by atoms with Crippen molar-refractivity contribution in [2.75, 3.05) is 29.9 Å². The Kier molecular flexibility index (Phi) is 4.44. The molecule has 0 saturated carbocycles. The molecule has 0 aliphatic carbocycles. The Labute approximate surface area is 153 Å². The summed E-state index contributed by atoms with van der Waals surface area (Å²) in [6.45, 7) is 1.77. The Balaban J connectivity index is 1.69. The van der Waals surface area contributed by atoms with Gasteiger partial charge in [-0.1, -0.05) is 12.1 Å². The first kappa shape index (κ1) is 16.7. The standard InChI is InChI=1S/C18H18N4O3S/c23-8-6-19-16-12-3-1-2-4-13(12)20-18(21-16)22-7-5-11-9-14(17(24)25)26-15(11)10-22/h1-4,9,23H,5-8,10H2,(H,24,25)(H,19,20,21). The zero-order valence-electron chi connectivity index (χ0n) is 14.0. The van der Waals surface area contributed by atoms with E-state index in [2.05, 4.69) is 20.2 Å². The number of aliphatic hydroxyl groups is 1. The third kappa shape index (κ3) is 3.09. The van der Waals surface area contributed by atoms with Crippen LogP contribution in [-0.4, -0.2) is 45.8 Å². The van der Waals surface area contributed by atoms with Gasteiger partial charge in [0.2, 0.25) is 5.95 Å². The van der Waals surface area contributed by atoms with Crippen LogP contribution in [0.3, 0.4) is 0 Å². The smallest absolute Gasteiger partial charge is 0.345 e. The molecule has 2 aromatic heterocycles. The number of carboxylic acids is 1. The maximum atomic E-state index is 11.2. The molecule has 0 radical (unpaired) electrons. The predicted octanol–water partition coefficient (Wildman–Crippen LogP) is 2.36. The van der Waals surface area contributed by atoms with Gasteiger partial charge in [0.25, 0.3) is 0 Å². The maximum Gasteiger partial charge on any atom is 0.345 e. The van der Waals surface area contributed by atoms with Crippen molar-refractivity contribution in [3.8, 4) is 0 Å². The van der Waals surface area contributed by atoms with Crippen molar-refractivity contribution in [1.82, 2.24) is 9.97 Å². The fourth-order valence-electron chi connectivity index (χ4n) is 3.11. The molecule has 1 aromatic carbocycles. The summed E-state index contributed by atoms with van der Waals surface area (Å²) < 4.78 is 0. The van der Waals surface area contributed by atoms with Crippen LogP contribution in [0, 0.1) is 0 Å². The van der Waals surface area contributed by atoms with Crippen LogP contribution in [0.15, 0.2) is 30.3 Å². The van der Waals surface area contributed by atoms with Gasteiger partial charge in [-0.25, -0.2) is 9.78 Å². The molecule has 0 spiro atoms. The molecule has 134 valence electrons. The van der Waals surface area contributed by atoms with Gasteiger partial charge in [-0.05, 0) is 30.2 Å². The zero-order valence-corrected chi connectivity index (χ0v) is 14.8. The van der Waals surface area contributed by atoms with Gasteiger partial charge in [-0.3, -0.25) is 0 Å². The molecule has 3 N–H and O–H groups in total. The first-order chi connectivity index (χ1) is 12.7. The molecule has 0 amide bonds. The summed E-state index contributed by atoms with van der Waals surface area (Å²) in [5.41, 5.74) is 1.93. The number of anilines is 2. The molecular weight excluding hydrogens is 352 g/mol. The van der Waals surface area contributed by atoms with Crippen LogP contribution in [0.5, 0.6) is 0 Å². The Morgan fingerprint density at radius 2 is 2.15 bits per heavy atom. The Bertz CT molecular complexity index is 972. The largest absolute Gasteiger partial charge is 0.477 e. The van der Waals surface area contributed by atoms with E-state index in [1.54, 1.807) is 6.07 Å². The van der Waals surface area contributed by atoms with E-state index in [-0.39, 0.29) is 6.61 Å². The second-order valence-corrected chi connectivity index (χ2v) is 7.21. The summed E-state index contributed by atoms with van der Waals surface area (Å²) in [5.74, 6) is 0.427. The van der Waals surface area contributed by atoms with Crippen molar-refractivity contribution in [3.63, 3.8) is 0 Å². The molecule has 0 bridgehead atoms. The SMILES string of the molecule is O=C(O)c1cc2c(s1)CN(c1nc(NCCO)c3ccccc3n1)CC2. The molecule has 0 saturated heterocycles. The van der Waals surface area contributed by atoms with Crippen molar-refractivity contribution in [1.29, 1.82) is 0 Å². The lowest BCUT2D eigenvalue weighted by atomic mass is 10.1. The molecule has 8 heteroatoms. The lowest BCUT2D eigenvalue weighted by Crippen LogP contribution is -2.31. The van der Waals surface area contributed by atoms with Gasteiger partial charge in [0, 0.05) is 23.4 Å². The number of hydrogen-bond donors (Lipinski definition) is 3. The number of aromatic nitrogens is 2. The number of aliphatic hydroxyl groups excluding tert-OH is 1. The summed E-state index contributed by atoms with van der Waals surface area (Å²) >= 11 is 1.32. The Morgan fingerprint density at radius 3 is 2.96 bits per heavy atom. The van der Waals surface area contributed by atoms with E-state index in [1.807, 2.05) is 24.3 Å². The van der Waals surface area contributed by atoms with Crippen molar-refractivity contribution >= 4 is 40.0 Å². The number of thiophene rings is 1. The highest BCUT2D eigenvalue weighted by atomic mass is 32.1. The number of rotatable bonds is 5. The average Bonchev–Trinajstić information content (AvgIpc) is 3.09. The van der Waals surface area contributed by atoms with E-state index in [4.69, 9.17) is 5.11 Å². The van der Waals surface area contributed by atoms with E-state index in [9.17, 15) is 9.90 Å². The topological polar surface area (TPSA) is 98.6 Å². The summed E-state index contributed by atoms with van der Waals surface area (Å²) in [6, 6.07) is 9.53. The Morgan fingerprint density at radius 1 is 1.31 bits per heavy atom. The lowest BCUT2D eigenvalue weighted by Gasteiger charge is -2.27. The zero-order chi connectivity index (χ0) is 18.1. The number of hydrogen-bond acceptors (Lipinski definition) is 7. The second-order valence-electron chi connectivity index (χ2n) is 6.08. The highest BCUT2D eigenvalue weighted by Gasteiger charge is 2.23. The molecule has 26 heavy (non-hydrogen) atoms. The van der Waals surface area contributed by atoms with Gasteiger partial charge in [-0.2, -0.15) is 4.98 Å². The van der Waals surface area contributed by atoms with Crippen molar-refractivity contribution in [3.05, 3.63) is 45.6 Å². The number of carboxylic acid groups (broad SMARTS) is 1. The predicted molar refractivity (Wildman–Crippen MR) is 101 cm³/mol. The van der Waals surface area contributed by atoms with E-state index in [0.717, 1.165) is 34.3 Å². The molecule has 0 fully saturated rings. The lowest BCUT2D eigenvalue weighted by molar-refractivity contribution is 0.0702. The van der Waals surface area contributed by atoms with Crippen molar-refractivity contribution < 1.29 is 15.0 Å². The van der Waals surface area contributed by atoms with Gasteiger partial charge in [0.05, 0.1) is 18.7 Å². The normalized spacial score (nSPS) is 13.7. The van der Waals surface area contributed by atoms with E-state index < -0.39 is 5.97 Å². The first-order valence-electron chi connectivity index (χ1n) is 8.37. The molecule has 1 aliphatic rings. The molecule has 3 aromatic rings. The van der Waals surface area contributed by atoms with Crippen LogP contribution in [0.4, 0.5) is 11.8 Å². The molecule has 3 heterocycles. The van der Waals surface area contributed by atoms with Crippen LogP contribution >= 0.6 is 11.3 Å². The number of nitrogens with zero attached hydrogens (tertiary/aromatic N) is 3. The molecule has 0 unspecified atom stereocenters. The van der Waals surface area contributed by atoms with Gasteiger partial charge < -0.3 is 20.4 Å². The summed E-state index contributed by atoms with van der Waals surface area (Å²) in [6.07, 6.45) is 0.773. The van der Waals surface area contributed by atoms with Crippen LogP contribution in [0.25, 0.3) is 10.9 Å². The third-order valence-corrected chi connectivity index (χ3v) is 5.52. The number of para-hydroxylation sites is 1. The fourth-order valence-corrected chi connectivity index (χ4v) is 4.18. The van der Waals surface area contributed by atoms with Crippen molar-refractivity contribution in [2.24, 2.45) is 0 Å². The number of aromatic carboxylic acids is 1.